The van der Waals surface area contributed by atoms with Gasteiger partial charge in [-0.15, -0.1) is 0 Å². The Morgan fingerprint density at radius 2 is 1.75 bits per heavy atom. The second kappa shape index (κ2) is 9.30. The van der Waals surface area contributed by atoms with Crippen molar-refractivity contribution in [2.75, 3.05) is 13.7 Å². The Bertz CT molecular complexity index is 562. The first kappa shape index (κ1) is 18.3. The Morgan fingerprint density at radius 1 is 1.08 bits per heavy atom. The Balaban J connectivity index is 1.87. The van der Waals surface area contributed by atoms with Crippen molar-refractivity contribution in [1.82, 2.24) is 5.32 Å². The van der Waals surface area contributed by atoms with Gasteiger partial charge >= 0.3 is 0 Å². The molecule has 0 aliphatic heterocycles. The molecule has 132 valence electrons. The van der Waals surface area contributed by atoms with E-state index in [1.54, 1.807) is 18.2 Å². The smallest absolute Gasteiger partial charge is 0.258 e. The van der Waals surface area contributed by atoms with Crippen LogP contribution in [0.2, 0.25) is 0 Å². The summed E-state index contributed by atoms with van der Waals surface area (Å²) in [5.74, 6) is 0.775. The maximum atomic E-state index is 12.1. The van der Waals surface area contributed by atoms with Gasteiger partial charge in [0, 0.05) is 11.6 Å². The third-order valence-corrected chi connectivity index (χ3v) is 4.40. The molecule has 1 aliphatic rings. The molecule has 1 aromatic rings. The van der Waals surface area contributed by atoms with Crippen molar-refractivity contribution in [3.63, 3.8) is 0 Å². The second-order valence-electron chi connectivity index (χ2n) is 6.32. The van der Waals surface area contributed by atoms with Gasteiger partial charge in [0.2, 0.25) is 0 Å². The normalized spacial score (nSPS) is 15.9. The van der Waals surface area contributed by atoms with Crippen LogP contribution in [0, 0.1) is 0 Å². The van der Waals surface area contributed by atoms with Crippen LogP contribution < -0.4 is 14.8 Å². The lowest BCUT2D eigenvalue weighted by Gasteiger charge is -2.21. The minimum atomic E-state index is -0.113. The SMILES string of the molecule is COc1cc(C(C)=O)ccc1OCC(=O)NC1CCCCCCC1. The summed E-state index contributed by atoms with van der Waals surface area (Å²) in [7, 11) is 1.51. The van der Waals surface area contributed by atoms with Gasteiger partial charge in [-0.1, -0.05) is 32.1 Å². The Labute approximate surface area is 143 Å². The van der Waals surface area contributed by atoms with Crippen LogP contribution in [0.5, 0.6) is 11.5 Å². The molecule has 1 fully saturated rings. The molecular formula is C19H27NO4. The van der Waals surface area contributed by atoms with Gasteiger partial charge < -0.3 is 14.8 Å². The van der Waals surface area contributed by atoms with Gasteiger partial charge in [-0.2, -0.15) is 0 Å². The highest BCUT2D eigenvalue weighted by Gasteiger charge is 2.15. The van der Waals surface area contributed by atoms with Gasteiger partial charge in [0.05, 0.1) is 7.11 Å². The van der Waals surface area contributed by atoms with Crippen LogP contribution >= 0.6 is 0 Å². The van der Waals surface area contributed by atoms with E-state index in [0.29, 0.717) is 17.1 Å². The zero-order valence-electron chi connectivity index (χ0n) is 14.6. The van der Waals surface area contributed by atoms with Gasteiger partial charge in [-0.25, -0.2) is 0 Å². The summed E-state index contributed by atoms with van der Waals surface area (Å²) in [4.78, 5) is 23.5. The molecule has 1 amide bonds. The third-order valence-electron chi connectivity index (χ3n) is 4.40. The van der Waals surface area contributed by atoms with Crippen molar-refractivity contribution in [3.05, 3.63) is 23.8 Å². The molecule has 0 saturated heterocycles. The summed E-state index contributed by atoms with van der Waals surface area (Å²) in [6, 6.07) is 5.22. The monoisotopic (exact) mass is 333 g/mol. The first-order valence-electron chi connectivity index (χ1n) is 8.71. The molecule has 2 rings (SSSR count). The quantitative estimate of drug-likeness (QED) is 0.809. The minimum Gasteiger partial charge on any atom is -0.493 e. The standard InChI is InChI=1S/C19H27NO4/c1-14(21)15-10-11-17(18(12-15)23-2)24-13-19(22)20-16-8-6-4-3-5-7-9-16/h10-12,16H,3-9,13H2,1-2H3,(H,20,22). The zero-order chi connectivity index (χ0) is 17.4. The predicted molar refractivity (Wildman–Crippen MR) is 92.7 cm³/mol. The first-order chi connectivity index (χ1) is 11.6. The lowest BCUT2D eigenvalue weighted by molar-refractivity contribution is -0.123. The number of Topliss-reactive ketones (excluding diaryl/α,β-unsaturated/α-hetero) is 1. The number of nitrogens with one attached hydrogen (secondary N) is 1. The van der Waals surface area contributed by atoms with Gasteiger partial charge in [0.1, 0.15) is 0 Å². The molecule has 5 heteroatoms. The fourth-order valence-electron chi connectivity index (χ4n) is 3.02. The van der Waals surface area contributed by atoms with E-state index in [9.17, 15) is 9.59 Å². The number of benzene rings is 1. The van der Waals surface area contributed by atoms with Crippen molar-refractivity contribution in [2.45, 2.75) is 57.9 Å². The highest BCUT2D eigenvalue weighted by Crippen LogP contribution is 2.28. The number of hydrogen-bond donors (Lipinski definition) is 1. The van der Waals surface area contributed by atoms with E-state index < -0.39 is 0 Å². The molecule has 24 heavy (non-hydrogen) atoms. The molecule has 1 saturated carbocycles. The van der Waals surface area contributed by atoms with Crippen LogP contribution in [0.1, 0.15) is 62.2 Å². The number of amides is 1. The van der Waals surface area contributed by atoms with Gasteiger partial charge in [0.15, 0.2) is 23.9 Å². The number of hydrogen-bond acceptors (Lipinski definition) is 4. The molecule has 0 unspecified atom stereocenters. The lowest BCUT2D eigenvalue weighted by Crippen LogP contribution is -2.38. The molecule has 0 atom stereocenters. The van der Waals surface area contributed by atoms with Gasteiger partial charge in [0.25, 0.3) is 5.91 Å². The maximum absolute atomic E-state index is 12.1. The molecule has 1 aromatic carbocycles. The minimum absolute atomic E-state index is 0.0399. The summed E-state index contributed by atoms with van der Waals surface area (Å²) in [6.45, 7) is 1.45. The van der Waals surface area contributed by atoms with E-state index in [0.717, 1.165) is 12.8 Å². The molecule has 0 heterocycles. The first-order valence-corrected chi connectivity index (χ1v) is 8.71. The van der Waals surface area contributed by atoms with Crippen LogP contribution in [-0.2, 0) is 4.79 Å². The zero-order valence-corrected chi connectivity index (χ0v) is 14.6. The number of methoxy groups -OCH3 is 1. The van der Waals surface area contributed by atoms with Crippen LogP contribution in [0.3, 0.4) is 0 Å². The molecule has 1 aliphatic carbocycles. The molecule has 0 aromatic heterocycles. The van der Waals surface area contributed by atoms with Crippen molar-refractivity contribution in [1.29, 1.82) is 0 Å². The van der Waals surface area contributed by atoms with E-state index >= 15 is 0 Å². The summed E-state index contributed by atoms with van der Waals surface area (Å²) in [5.41, 5.74) is 0.554. The number of carbonyl (C=O) groups excluding carboxylic acids is 2. The summed E-state index contributed by atoms with van der Waals surface area (Å²) >= 11 is 0. The fraction of sp³-hybridized carbons (Fsp3) is 0.579. The van der Waals surface area contributed by atoms with Crippen molar-refractivity contribution in [2.24, 2.45) is 0 Å². The average molecular weight is 333 g/mol. The maximum Gasteiger partial charge on any atom is 0.258 e. The number of ketones is 1. The summed E-state index contributed by atoms with van der Waals surface area (Å²) in [5, 5.41) is 3.07. The Hall–Kier alpha value is -2.04. The van der Waals surface area contributed by atoms with Crippen LogP contribution in [-0.4, -0.2) is 31.4 Å². The van der Waals surface area contributed by atoms with Crippen molar-refractivity contribution >= 4 is 11.7 Å². The summed E-state index contributed by atoms with van der Waals surface area (Å²) < 4.78 is 10.8. The number of rotatable bonds is 6. The highest BCUT2D eigenvalue weighted by molar-refractivity contribution is 5.94. The van der Waals surface area contributed by atoms with Crippen molar-refractivity contribution in [3.8, 4) is 11.5 Å². The van der Waals surface area contributed by atoms with E-state index in [4.69, 9.17) is 9.47 Å². The molecule has 0 spiro atoms. The summed E-state index contributed by atoms with van der Waals surface area (Å²) in [6.07, 6.45) is 8.24. The van der Waals surface area contributed by atoms with Gasteiger partial charge in [-0.05, 0) is 38.0 Å². The van der Waals surface area contributed by atoms with Gasteiger partial charge in [-0.3, -0.25) is 9.59 Å². The molecule has 0 bridgehead atoms. The van der Waals surface area contributed by atoms with E-state index in [2.05, 4.69) is 5.32 Å². The molecule has 5 nitrogen and oxygen atoms in total. The van der Waals surface area contributed by atoms with Crippen LogP contribution in [0.15, 0.2) is 18.2 Å². The third kappa shape index (κ3) is 5.55. The number of carbonyl (C=O) groups is 2. The largest absolute Gasteiger partial charge is 0.493 e. The average Bonchev–Trinajstić information content (AvgIpc) is 2.55. The second-order valence-corrected chi connectivity index (χ2v) is 6.32. The van der Waals surface area contributed by atoms with E-state index in [1.165, 1.54) is 46.1 Å². The number of ether oxygens (including phenoxy) is 2. The molecule has 0 radical (unpaired) electrons. The predicted octanol–water partition coefficient (Wildman–Crippen LogP) is 3.51. The Morgan fingerprint density at radius 3 is 2.38 bits per heavy atom. The Kier molecular flexibility index (Phi) is 7.09. The van der Waals surface area contributed by atoms with E-state index in [-0.39, 0.29) is 24.3 Å². The van der Waals surface area contributed by atoms with Crippen LogP contribution in [0.4, 0.5) is 0 Å². The molecular weight excluding hydrogens is 306 g/mol. The van der Waals surface area contributed by atoms with Crippen LogP contribution in [0.25, 0.3) is 0 Å². The topological polar surface area (TPSA) is 64.6 Å². The molecule has 1 N–H and O–H groups in total. The van der Waals surface area contributed by atoms with E-state index in [1.807, 2.05) is 0 Å². The highest BCUT2D eigenvalue weighted by atomic mass is 16.5. The fourth-order valence-corrected chi connectivity index (χ4v) is 3.02. The lowest BCUT2D eigenvalue weighted by atomic mass is 9.97. The van der Waals surface area contributed by atoms with Crippen molar-refractivity contribution < 1.29 is 19.1 Å².